The number of rotatable bonds is 10. The van der Waals surface area contributed by atoms with Crippen LogP contribution in [0.2, 0.25) is 5.02 Å². The van der Waals surface area contributed by atoms with Gasteiger partial charge in [0.1, 0.15) is 12.4 Å². The minimum atomic E-state index is -0.208. The summed E-state index contributed by atoms with van der Waals surface area (Å²) in [4.78, 5) is 14.6. The van der Waals surface area contributed by atoms with Crippen LogP contribution >= 0.6 is 11.6 Å². The Hall–Kier alpha value is -2.36. The van der Waals surface area contributed by atoms with Gasteiger partial charge < -0.3 is 24.1 Å². The maximum absolute atomic E-state index is 12.2. The number of fused-ring (bicyclic) bond motifs is 1. The van der Waals surface area contributed by atoms with Crippen molar-refractivity contribution in [3.8, 4) is 11.5 Å². The lowest BCUT2D eigenvalue weighted by molar-refractivity contribution is -0.125. The maximum Gasteiger partial charge on any atom is 0.246 e. The number of hydrogen-bond acceptors (Lipinski definition) is 7. The minimum Gasteiger partial charge on any atom is -0.493 e. The lowest BCUT2D eigenvalue weighted by atomic mass is 10.0. The van der Waals surface area contributed by atoms with Crippen LogP contribution in [0.4, 0.5) is 0 Å². The lowest BCUT2D eigenvalue weighted by Gasteiger charge is -2.23. The van der Waals surface area contributed by atoms with Gasteiger partial charge >= 0.3 is 0 Å². The quantitative estimate of drug-likeness (QED) is 0.560. The second-order valence-corrected chi connectivity index (χ2v) is 8.99. The third kappa shape index (κ3) is 6.16. The van der Waals surface area contributed by atoms with Crippen LogP contribution in [0.5, 0.6) is 11.5 Å². The van der Waals surface area contributed by atoms with E-state index in [4.69, 9.17) is 25.8 Å². The normalized spacial score (nSPS) is 15.1. The van der Waals surface area contributed by atoms with Gasteiger partial charge in [-0.25, -0.2) is 0 Å². The molecule has 1 aromatic heterocycles. The Labute approximate surface area is 200 Å². The van der Waals surface area contributed by atoms with E-state index in [2.05, 4.69) is 38.8 Å². The summed E-state index contributed by atoms with van der Waals surface area (Å²) in [7, 11) is 4.70. The lowest BCUT2D eigenvalue weighted by Crippen LogP contribution is -2.34. The van der Waals surface area contributed by atoms with E-state index in [-0.39, 0.29) is 18.6 Å². The summed E-state index contributed by atoms with van der Waals surface area (Å²) in [5.74, 6) is 3.13. The van der Waals surface area contributed by atoms with E-state index >= 15 is 0 Å². The van der Waals surface area contributed by atoms with Crippen LogP contribution in [0.15, 0.2) is 12.1 Å². The minimum absolute atomic E-state index is 0.0233. The van der Waals surface area contributed by atoms with Gasteiger partial charge in [0.2, 0.25) is 5.91 Å². The van der Waals surface area contributed by atoms with Gasteiger partial charge in [0, 0.05) is 39.7 Å². The van der Waals surface area contributed by atoms with Crippen LogP contribution in [0.25, 0.3) is 0 Å². The SMILES string of the molecule is COCC(=O)N[C@@H](CC(C)C)c1nnc2n1CCN(Cc1ccc(OC)c(OC)c1Cl)CC2. The Morgan fingerprint density at radius 2 is 1.94 bits per heavy atom. The summed E-state index contributed by atoms with van der Waals surface area (Å²) in [6, 6.07) is 3.65. The number of nitrogens with zero attached hydrogens (tertiary/aromatic N) is 4. The molecule has 1 atom stereocenters. The molecule has 2 aromatic rings. The molecule has 0 fully saturated rings. The highest BCUT2D eigenvalue weighted by atomic mass is 35.5. The van der Waals surface area contributed by atoms with Crippen molar-refractivity contribution in [3.05, 3.63) is 34.4 Å². The van der Waals surface area contributed by atoms with Crippen LogP contribution in [0.3, 0.4) is 0 Å². The van der Waals surface area contributed by atoms with Crippen molar-refractivity contribution in [1.29, 1.82) is 0 Å². The van der Waals surface area contributed by atoms with E-state index in [9.17, 15) is 4.79 Å². The van der Waals surface area contributed by atoms with E-state index in [0.29, 0.717) is 29.0 Å². The summed E-state index contributed by atoms with van der Waals surface area (Å²) in [5.41, 5.74) is 0.983. The van der Waals surface area contributed by atoms with Gasteiger partial charge in [-0.2, -0.15) is 0 Å². The van der Waals surface area contributed by atoms with Crippen LogP contribution in [-0.2, 0) is 29.0 Å². The van der Waals surface area contributed by atoms with Crippen molar-refractivity contribution in [2.45, 2.75) is 45.8 Å². The first kappa shape index (κ1) is 25.3. The van der Waals surface area contributed by atoms with Crippen molar-refractivity contribution in [2.75, 3.05) is 41.0 Å². The Morgan fingerprint density at radius 3 is 2.61 bits per heavy atom. The molecule has 9 nitrogen and oxygen atoms in total. The monoisotopic (exact) mass is 479 g/mol. The number of nitrogens with one attached hydrogen (secondary N) is 1. The van der Waals surface area contributed by atoms with Gasteiger partial charge in [-0.1, -0.05) is 31.5 Å². The van der Waals surface area contributed by atoms with Gasteiger partial charge in [0.25, 0.3) is 0 Å². The Kier molecular flexibility index (Phi) is 8.94. The summed E-state index contributed by atoms with van der Waals surface area (Å²) in [5, 5.41) is 12.5. The smallest absolute Gasteiger partial charge is 0.246 e. The number of methoxy groups -OCH3 is 3. The first-order valence-corrected chi connectivity index (χ1v) is 11.6. The Morgan fingerprint density at radius 1 is 1.15 bits per heavy atom. The summed E-state index contributed by atoms with van der Waals surface area (Å²) < 4.78 is 17.9. The predicted octanol–water partition coefficient (Wildman–Crippen LogP) is 2.86. The number of ether oxygens (including phenoxy) is 3. The number of carbonyl (C=O) groups is 1. The number of benzene rings is 1. The standard InChI is InChI=1S/C23H34ClN5O4/c1-15(2)12-17(25-20(30)14-31-3)23-27-26-19-8-9-28(10-11-29(19)23)13-16-6-7-18(32-4)22(33-5)21(16)24/h6-7,15,17H,8-14H2,1-5H3,(H,25,30)/t17-/m0/s1. The molecule has 182 valence electrons. The zero-order valence-electron chi connectivity index (χ0n) is 20.1. The fourth-order valence-corrected chi connectivity index (χ4v) is 4.46. The average Bonchev–Trinajstić information content (AvgIpc) is 3.08. The van der Waals surface area contributed by atoms with Crippen molar-refractivity contribution < 1.29 is 19.0 Å². The average molecular weight is 480 g/mol. The molecule has 0 saturated heterocycles. The van der Waals surface area contributed by atoms with Crippen molar-refractivity contribution in [1.82, 2.24) is 25.0 Å². The van der Waals surface area contributed by atoms with Crippen LogP contribution < -0.4 is 14.8 Å². The number of carbonyl (C=O) groups excluding carboxylic acids is 1. The largest absolute Gasteiger partial charge is 0.493 e. The molecule has 1 aliphatic heterocycles. The summed E-state index contributed by atoms with van der Waals surface area (Å²) >= 11 is 6.60. The van der Waals surface area contributed by atoms with E-state index in [0.717, 1.165) is 49.7 Å². The number of halogens is 1. The molecular formula is C23H34ClN5O4. The molecule has 0 saturated carbocycles. The third-order valence-electron chi connectivity index (χ3n) is 5.74. The highest BCUT2D eigenvalue weighted by Crippen LogP contribution is 2.37. The number of amides is 1. The van der Waals surface area contributed by atoms with Crippen LogP contribution in [0, 0.1) is 5.92 Å². The van der Waals surface area contributed by atoms with Crippen LogP contribution in [-0.4, -0.2) is 66.6 Å². The summed E-state index contributed by atoms with van der Waals surface area (Å²) in [6.07, 6.45) is 1.54. The molecule has 1 aliphatic rings. The van der Waals surface area contributed by atoms with E-state index in [1.54, 1.807) is 14.2 Å². The second kappa shape index (κ2) is 11.7. The molecule has 1 N–H and O–H groups in total. The van der Waals surface area contributed by atoms with Gasteiger partial charge in [-0.05, 0) is 24.0 Å². The van der Waals surface area contributed by atoms with Crippen molar-refractivity contribution in [3.63, 3.8) is 0 Å². The van der Waals surface area contributed by atoms with Gasteiger partial charge in [0.15, 0.2) is 17.3 Å². The van der Waals surface area contributed by atoms with E-state index < -0.39 is 0 Å². The fourth-order valence-electron chi connectivity index (χ4n) is 4.17. The molecular weight excluding hydrogens is 446 g/mol. The van der Waals surface area contributed by atoms with E-state index in [1.807, 2.05) is 12.1 Å². The maximum atomic E-state index is 12.2. The van der Waals surface area contributed by atoms with Gasteiger partial charge in [-0.3, -0.25) is 9.69 Å². The molecule has 33 heavy (non-hydrogen) atoms. The highest BCUT2D eigenvalue weighted by Gasteiger charge is 2.26. The molecule has 1 aromatic carbocycles. The van der Waals surface area contributed by atoms with E-state index in [1.165, 1.54) is 7.11 Å². The molecule has 10 heteroatoms. The predicted molar refractivity (Wildman–Crippen MR) is 126 cm³/mol. The van der Waals surface area contributed by atoms with Crippen molar-refractivity contribution in [2.24, 2.45) is 5.92 Å². The third-order valence-corrected chi connectivity index (χ3v) is 6.15. The Balaban J connectivity index is 1.75. The molecule has 0 aliphatic carbocycles. The topological polar surface area (TPSA) is 90.7 Å². The second-order valence-electron chi connectivity index (χ2n) is 8.61. The Bertz CT molecular complexity index is 949. The molecule has 0 spiro atoms. The fraction of sp³-hybridized carbons (Fsp3) is 0.609. The first-order valence-electron chi connectivity index (χ1n) is 11.2. The van der Waals surface area contributed by atoms with Crippen molar-refractivity contribution >= 4 is 17.5 Å². The zero-order chi connectivity index (χ0) is 24.0. The molecule has 0 radical (unpaired) electrons. The molecule has 1 amide bonds. The van der Waals surface area contributed by atoms with Gasteiger partial charge in [0.05, 0.1) is 25.3 Å². The molecule has 2 heterocycles. The van der Waals surface area contributed by atoms with Crippen LogP contribution in [0.1, 0.15) is 43.5 Å². The molecule has 0 unspecified atom stereocenters. The molecule has 0 bridgehead atoms. The number of hydrogen-bond donors (Lipinski definition) is 1. The first-order chi connectivity index (χ1) is 15.9. The van der Waals surface area contributed by atoms with Gasteiger partial charge in [-0.15, -0.1) is 10.2 Å². The zero-order valence-corrected chi connectivity index (χ0v) is 20.8. The molecule has 3 rings (SSSR count). The number of aromatic nitrogens is 3. The summed E-state index contributed by atoms with van der Waals surface area (Å²) in [6.45, 7) is 7.34. The highest BCUT2D eigenvalue weighted by molar-refractivity contribution is 6.33.